The zero-order chi connectivity index (χ0) is 27.7. The Labute approximate surface area is 236 Å². The Hall–Kier alpha value is -4.09. The molecular weight excluding hydrogens is 496 g/mol. The van der Waals surface area contributed by atoms with Gasteiger partial charge < -0.3 is 9.47 Å². The summed E-state index contributed by atoms with van der Waals surface area (Å²) in [5, 5.41) is 4.81. The minimum absolute atomic E-state index is 0.315. The third-order valence-electron chi connectivity index (χ3n) is 7.99. The summed E-state index contributed by atoms with van der Waals surface area (Å²) in [6.45, 7) is 8.41. The molecule has 0 unspecified atom stereocenters. The van der Waals surface area contributed by atoms with E-state index in [2.05, 4.69) is 61.1 Å². The molecule has 6 rings (SSSR count). The molecule has 0 amide bonds. The van der Waals surface area contributed by atoms with Crippen LogP contribution in [0.3, 0.4) is 0 Å². The van der Waals surface area contributed by atoms with Gasteiger partial charge in [-0.15, -0.1) is 0 Å². The SMILES string of the molecule is CCCCN(CCCC)N(c1ccccc1)c1c(C)ccc2c1C1(OC2=O)c2ccccc2Oc2ccccc21. The van der Waals surface area contributed by atoms with Crippen LogP contribution < -0.4 is 9.75 Å². The Bertz CT molecular complexity index is 1480. The zero-order valence-corrected chi connectivity index (χ0v) is 23.5. The number of para-hydroxylation sites is 3. The van der Waals surface area contributed by atoms with Gasteiger partial charge in [0.15, 0.2) is 5.60 Å². The van der Waals surface area contributed by atoms with Crippen molar-refractivity contribution < 1.29 is 14.3 Å². The Balaban J connectivity index is 1.68. The summed E-state index contributed by atoms with van der Waals surface area (Å²) < 4.78 is 12.9. The first kappa shape index (κ1) is 26.1. The maximum atomic E-state index is 13.8. The van der Waals surface area contributed by atoms with Crippen LogP contribution >= 0.6 is 0 Å². The lowest BCUT2D eigenvalue weighted by atomic mass is 9.76. The van der Waals surface area contributed by atoms with E-state index >= 15 is 0 Å². The van der Waals surface area contributed by atoms with Gasteiger partial charge in [-0.25, -0.2) is 9.80 Å². The number of hydrazine groups is 1. The second-order valence-corrected chi connectivity index (χ2v) is 10.6. The molecule has 0 atom stereocenters. The molecule has 2 aliphatic heterocycles. The van der Waals surface area contributed by atoms with Gasteiger partial charge in [-0.2, -0.15) is 0 Å². The molecule has 0 saturated carbocycles. The van der Waals surface area contributed by atoms with Crippen LogP contribution in [-0.4, -0.2) is 24.1 Å². The fraction of sp³-hybridized carbons (Fsp3) is 0.286. The first-order chi connectivity index (χ1) is 19.6. The third kappa shape index (κ3) is 4.16. The van der Waals surface area contributed by atoms with E-state index in [1.807, 2.05) is 60.7 Å². The fourth-order valence-corrected chi connectivity index (χ4v) is 6.07. The molecule has 4 aromatic carbocycles. The largest absolute Gasteiger partial charge is 0.456 e. The van der Waals surface area contributed by atoms with E-state index in [0.717, 1.165) is 72.4 Å². The molecular formula is C35H36N2O3. The highest BCUT2D eigenvalue weighted by atomic mass is 16.6. The van der Waals surface area contributed by atoms with E-state index in [-0.39, 0.29) is 5.97 Å². The summed E-state index contributed by atoms with van der Waals surface area (Å²) in [5.41, 5.74) is 5.17. The lowest BCUT2D eigenvalue weighted by Crippen LogP contribution is -2.43. The third-order valence-corrected chi connectivity index (χ3v) is 7.99. The number of ether oxygens (including phenoxy) is 2. The maximum absolute atomic E-state index is 13.8. The molecule has 2 heterocycles. The van der Waals surface area contributed by atoms with Gasteiger partial charge in [-0.05, 0) is 55.7 Å². The number of rotatable bonds is 9. The molecule has 0 bridgehead atoms. The van der Waals surface area contributed by atoms with Crippen LogP contribution in [0.5, 0.6) is 11.5 Å². The molecule has 204 valence electrons. The fourth-order valence-electron chi connectivity index (χ4n) is 6.07. The van der Waals surface area contributed by atoms with Crippen LogP contribution in [0.1, 0.15) is 72.1 Å². The Morgan fingerprint density at radius 3 is 1.90 bits per heavy atom. The first-order valence-electron chi connectivity index (χ1n) is 14.4. The maximum Gasteiger partial charge on any atom is 0.340 e. The minimum Gasteiger partial charge on any atom is -0.456 e. The number of hydrogen-bond donors (Lipinski definition) is 0. The molecule has 0 N–H and O–H groups in total. The average Bonchev–Trinajstić information content (AvgIpc) is 3.28. The Kier molecular flexibility index (Phi) is 7.07. The topological polar surface area (TPSA) is 42.0 Å². The van der Waals surface area contributed by atoms with E-state index in [1.165, 1.54) is 0 Å². The Morgan fingerprint density at radius 1 is 0.725 bits per heavy atom. The van der Waals surface area contributed by atoms with Gasteiger partial charge in [0.05, 0.1) is 16.9 Å². The predicted octanol–water partition coefficient (Wildman–Crippen LogP) is 8.52. The lowest BCUT2D eigenvalue weighted by Gasteiger charge is -2.42. The van der Waals surface area contributed by atoms with Crippen LogP contribution in [0, 0.1) is 6.92 Å². The van der Waals surface area contributed by atoms with Crippen molar-refractivity contribution in [3.05, 3.63) is 119 Å². The second-order valence-electron chi connectivity index (χ2n) is 10.6. The van der Waals surface area contributed by atoms with Crippen molar-refractivity contribution in [2.24, 2.45) is 0 Å². The molecule has 5 heteroatoms. The van der Waals surface area contributed by atoms with Crippen LogP contribution in [0.4, 0.5) is 11.4 Å². The molecule has 0 radical (unpaired) electrons. The molecule has 0 saturated heterocycles. The number of carbonyl (C=O) groups is 1. The standard InChI is InChI=1S/C35H36N2O3/c1-4-6-23-36(24-7-5-2)37(26-15-9-8-10-16-26)33-25(3)21-22-27-32(33)35(40-34(27)38)28-17-11-13-19-30(28)39-31-20-14-12-18-29(31)35/h8-22H,4-7,23-24H2,1-3H3. The number of aryl methyl sites for hydroxylation is 1. The van der Waals surface area contributed by atoms with E-state index in [1.54, 1.807) is 0 Å². The van der Waals surface area contributed by atoms with E-state index < -0.39 is 5.60 Å². The second kappa shape index (κ2) is 10.8. The van der Waals surface area contributed by atoms with Gasteiger partial charge in [-0.1, -0.05) is 87.4 Å². The first-order valence-corrected chi connectivity index (χ1v) is 14.4. The minimum atomic E-state index is -1.13. The van der Waals surface area contributed by atoms with Crippen molar-refractivity contribution in [3.8, 4) is 11.5 Å². The summed E-state index contributed by atoms with van der Waals surface area (Å²) in [7, 11) is 0. The van der Waals surface area contributed by atoms with Crippen molar-refractivity contribution in [3.63, 3.8) is 0 Å². The van der Waals surface area contributed by atoms with E-state index in [9.17, 15) is 4.79 Å². The van der Waals surface area contributed by atoms with Gasteiger partial charge in [0.1, 0.15) is 11.5 Å². The molecule has 1 spiro atoms. The highest BCUT2D eigenvalue weighted by molar-refractivity contribution is 6.00. The van der Waals surface area contributed by atoms with Crippen LogP contribution in [0.2, 0.25) is 0 Å². The molecule has 5 nitrogen and oxygen atoms in total. The Morgan fingerprint density at radius 2 is 1.30 bits per heavy atom. The summed E-state index contributed by atoms with van der Waals surface area (Å²) in [6, 6.07) is 30.4. The summed E-state index contributed by atoms with van der Waals surface area (Å²) in [5.74, 6) is 1.09. The average molecular weight is 533 g/mol. The number of nitrogens with zero attached hydrogens (tertiary/aromatic N) is 2. The molecule has 0 aromatic heterocycles. The highest BCUT2D eigenvalue weighted by Gasteiger charge is 2.55. The number of carbonyl (C=O) groups excluding carboxylic acids is 1. The molecule has 40 heavy (non-hydrogen) atoms. The number of benzene rings is 4. The van der Waals surface area contributed by atoms with Crippen LogP contribution in [-0.2, 0) is 10.3 Å². The number of anilines is 2. The summed E-state index contributed by atoms with van der Waals surface area (Å²) in [4.78, 5) is 13.8. The molecule has 0 aliphatic carbocycles. The van der Waals surface area contributed by atoms with E-state index in [4.69, 9.17) is 9.47 Å². The van der Waals surface area contributed by atoms with Crippen molar-refractivity contribution in [2.45, 2.75) is 52.1 Å². The van der Waals surface area contributed by atoms with Crippen LogP contribution in [0.15, 0.2) is 91.0 Å². The van der Waals surface area contributed by atoms with Crippen molar-refractivity contribution in [1.82, 2.24) is 5.01 Å². The normalized spacial score (nSPS) is 14.3. The van der Waals surface area contributed by atoms with Gasteiger partial charge in [0.25, 0.3) is 0 Å². The number of esters is 1. The van der Waals surface area contributed by atoms with Crippen molar-refractivity contribution in [1.29, 1.82) is 0 Å². The lowest BCUT2D eigenvalue weighted by molar-refractivity contribution is 0.0224. The van der Waals surface area contributed by atoms with Crippen molar-refractivity contribution in [2.75, 3.05) is 18.1 Å². The van der Waals surface area contributed by atoms with Crippen molar-refractivity contribution >= 4 is 17.3 Å². The van der Waals surface area contributed by atoms with Gasteiger partial charge in [-0.3, -0.25) is 5.01 Å². The quantitative estimate of drug-likeness (QED) is 0.160. The zero-order valence-electron chi connectivity index (χ0n) is 23.5. The van der Waals surface area contributed by atoms with Gasteiger partial charge in [0, 0.05) is 29.8 Å². The van der Waals surface area contributed by atoms with Crippen LogP contribution in [0.25, 0.3) is 0 Å². The number of unbranched alkanes of at least 4 members (excludes halogenated alkanes) is 2. The smallest absolute Gasteiger partial charge is 0.340 e. The van der Waals surface area contributed by atoms with Gasteiger partial charge in [0.2, 0.25) is 0 Å². The van der Waals surface area contributed by atoms with E-state index in [0.29, 0.717) is 17.1 Å². The van der Waals surface area contributed by atoms with Gasteiger partial charge >= 0.3 is 5.97 Å². The molecule has 4 aromatic rings. The molecule has 2 aliphatic rings. The molecule has 0 fully saturated rings. The summed E-state index contributed by atoms with van der Waals surface area (Å²) >= 11 is 0. The monoisotopic (exact) mass is 532 g/mol. The summed E-state index contributed by atoms with van der Waals surface area (Å²) in [6.07, 6.45) is 4.34. The highest BCUT2D eigenvalue weighted by Crippen LogP contribution is 2.59. The number of fused-ring (bicyclic) bond motifs is 6. The number of hydrogen-bond acceptors (Lipinski definition) is 5. The predicted molar refractivity (Wildman–Crippen MR) is 159 cm³/mol.